The van der Waals surface area contributed by atoms with Gasteiger partial charge < -0.3 is 4.74 Å². The lowest BCUT2D eigenvalue weighted by atomic mass is 9.20. The maximum absolute atomic E-state index is 7.17. The van der Waals surface area contributed by atoms with Crippen LogP contribution in [-0.2, 0) is 0 Å². The lowest BCUT2D eigenvalue weighted by molar-refractivity contribution is 0.487. The molecule has 0 unspecified atom stereocenters. The summed E-state index contributed by atoms with van der Waals surface area (Å²) in [5.41, 5.74) is 17.8. The van der Waals surface area contributed by atoms with Gasteiger partial charge in [-0.25, -0.2) is 0 Å². The molecule has 5 heteroatoms. The summed E-state index contributed by atoms with van der Waals surface area (Å²) in [4.78, 5) is 9.63. The number of hydrogen-bond acceptors (Lipinski definition) is 3. The molecule has 50 heavy (non-hydrogen) atoms. The Kier molecular flexibility index (Phi) is 8.20. The van der Waals surface area contributed by atoms with E-state index in [9.17, 15) is 0 Å². The first-order chi connectivity index (χ1) is 24.4. The highest BCUT2D eigenvalue weighted by atomic mass is 16.5. The van der Waals surface area contributed by atoms with Crippen molar-refractivity contribution in [1.29, 1.82) is 0 Å². The van der Waals surface area contributed by atoms with Gasteiger partial charge in [-0.05, 0) is 82.5 Å². The first kappa shape index (κ1) is 31.6. The molecule has 3 heterocycles. The SMILES string of the molecule is Cc1cccc(-c2cc(Oc3cccc(-c4ccccn4)c3)c3c(c2)B(c2c(C)cccc2C)c2ccccc2B3c2c(C)cccc2C)n1. The second-order valence-electron chi connectivity index (χ2n) is 13.6. The highest BCUT2D eigenvalue weighted by Crippen LogP contribution is 2.30. The minimum absolute atomic E-state index is 0.00920. The smallest absolute Gasteiger partial charge is 0.245 e. The molecule has 8 rings (SSSR count). The molecular formula is C45H38B2N2O. The standard InChI is InChI=1S/C45H38B2N2O/c1-29-14-10-15-30(2)43(29)46-37-21-6-7-22-38(37)47(44-31(3)16-11-17-32(44)4)45-39(46)27-35(41-24-12-18-33(5)49-41)28-42(45)50-36-20-13-19-34(26-36)40-23-8-9-25-48-40/h6-28H,1-5H3. The number of fused-ring (bicyclic) bond motifs is 2. The van der Waals surface area contributed by atoms with E-state index in [1.165, 1.54) is 55.0 Å². The summed E-state index contributed by atoms with van der Waals surface area (Å²) < 4.78 is 7.17. The van der Waals surface area contributed by atoms with E-state index in [-0.39, 0.29) is 13.4 Å². The highest BCUT2D eigenvalue weighted by molar-refractivity contribution is 7.12. The van der Waals surface area contributed by atoms with Crippen molar-refractivity contribution in [2.45, 2.75) is 34.6 Å². The van der Waals surface area contributed by atoms with Gasteiger partial charge in [-0.2, -0.15) is 0 Å². The molecule has 0 amide bonds. The second-order valence-corrected chi connectivity index (χ2v) is 13.6. The van der Waals surface area contributed by atoms with Crippen LogP contribution in [0.3, 0.4) is 0 Å². The van der Waals surface area contributed by atoms with Crippen molar-refractivity contribution in [2.75, 3.05) is 0 Å². The Morgan fingerprint density at radius 1 is 0.460 bits per heavy atom. The van der Waals surface area contributed by atoms with Crippen LogP contribution in [0.4, 0.5) is 0 Å². The van der Waals surface area contributed by atoms with Crippen molar-refractivity contribution >= 4 is 46.2 Å². The average Bonchev–Trinajstić information content (AvgIpc) is 3.12. The molecule has 1 aliphatic rings. The van der Waals surface area contributed by atoms with Crippen LogP contribution in [0, 0.1) is 34.6 Å². The summed E-state index contributed by atoms with van der Waals surface area (Å²) in [5, 5.41) is 0. The lowest BCUT2D eigenvalue weighted by Gasteiger charge is -2.36. The predicted molar refractivity (Wildman–Crippen MR) is 212 cm³/mol. The van der Waals surface area contributed by atoms with Crippen molar-refractivity contribution in [3.8, 4) is 34.0 Å². The molecule has 7 aromatic rings. The molecule has 5 aromatic carbocycles. The Hall–Kier alpha value is -5.67. The number of pyridine rings is 2. The third-order valence-corrected chi connectivity index (χ3v) is 10.3. The van der Waals surface area contributed by atoms with Crippen LogP contribution in [0.15, 0.2) is 140 Å². The van der Waals surface area contributed by atoms with E-state index in [1.54, 1.807) is 0 Å². The molecule has 0 radical (unpaired) electrons. The zero-order chi connectivity index (χ0) is 34.4. The van der Waals surface area contributed by atoms with Crippen LogP contribution < -0.4 is 37.5 Å². The Balaban J connectivity index is 1.46. The monoisotopic (exact) mass is 644 g/mol. The van der Waals surface area contributed by atoms with Gasteiger partial charge in [0.05, 0.1) is 11.4 Å². The maximum Gasteiger partial charge on any atom is 0.245 e. The summed E-state index contributed by atoms with van der Waals surface area (Å²) in [6.07, 6.45) is 1.83. The Bertz CT molecular complexity index is 2350. The summed E-state index contributed by atoms with van der Waals surface area (Å²) >= 11 is 0. The fourth-order valence-corrected chi connectivity index (χ4v) is 8.05. The normalized spacial score (nSPS) is 12.0. The number of nitrogens with zero attached hydrogens (tertiary/aromatic N) is 2. The van der Waals surface area contributed by atoms with Gasteiger partial charge in [-0.1, -0.05) is 141 Å². The minimum atomic E-state index is -0.0311. The molecule has 0 bridgehead atoms. The number of ether oxygens (including phenoxy) is 1. The zero-order valence-electron chi connectivity index (χ0n) is 29.2. The first-order valence-electron chi connectivity index (χ1n) is 17.4. The van der Waals surface area contributed by atoms with Crippen LogP contribution >= 0.6 is 0 Å². The largest absolute Gasteiger partial charge is 0.458 e. The third kappa shape index (κ3) is 5.63. The van der Waals surface area contributed by atoms with E-state index in [1.807, 2.05) is 30.5 Å². The van der Waals surface area contributed by atoms with Gasteiger partial charge in [0.1, 0.15) is 11.5 Å². The average molecular weight is 644 g/mol. The fourth-order valence-electron chi connectivity index (χ4n) is 8.05. The number of aromatic nitrogens is 2. The summed E-state index contributed by atoms with van der Waals surface area (Å²) in [6, 6.07) is 47.5. The molecular weight excluding hydrogens is 606 g/mol. The Morgan fingerprint density at radius 3 is 1.72 bits per heavy atom. The van der Waals surface area contributed by atoms with Gasteiger partial charge in [0.25, 0.3) is 0 Å². The van der Waals surface area contributed by atoms with Crippen molar-refractivity contribution in [3.63, 3.8) is 0 Å². The predicted octanol–water partition coefficient (Wildman–Crippen LogP) is 6.49. The van der Waals surface area contributed by atoms with E-state index in [2.05, 4.69) is 149 Å². The highest BCUT2D eigenvalue weighted by Gasteiger charge is 2.42. The van der Waals surface area contributed by atoms with Gasteiger partial charge in [0, 0.05) is 23.0 Å². The number of benzene rings is 5. The van der Waals surface area contributed by atoms with E-state index in [0.29, 0.717) is 0 Å². The number of hydrogen-bond donors (Lipinski definition) is 0. The molecule has 240 valence electrons. The molecule has 1 aliphatic heterocycles. The minimum Gasteiger partial charge on any atom is -0.458 e. The quantitative estimate of drug-likeness (QED) is 0.194. The van der Waals surface area contributed by atoms with Crippen LogP contribution in [0.2, 0.25) is 0 Å². The van der Waals surface area contributed by atoms with Crippen LogP contribution in [0.1, 0.15) is 27.9 Å². The maximum atomic E-state index is 7.17. The number of rotatable bonds is 6. The van der Waals surface area contributed by atoms with Crippen LogP contribution in [0.25, 0.3) is 22.5 Å². The van der Waals surface area contributed by atoms with E-state index in [0.717, 1.165) is 39.7 Å². The Morgan fingerprint density at radius 2 is 1.06 bits per heavy atom. The molecule has 3 nitrogen and oxygen atoms in total. The summed E-state index contributed by atoms with van der Waals surface area (Å²) in [6.45, 7) is 11.0. The molecule has 0 atom stereocenters. The van der Waals surface area contributed by atoms with Crippen LogP contribution in [-0.4, -0.2) is 23.4 Å². The molecule has 0 spiro atoms. The van der Waals surface area contributed by atoms with E-state index < -0.39 is 0 Å². The van der Waals surface area contributed by atoms with E-state index >= 15 is 0 Å². The first-order valence-corrected chi connectivity index (χ1v) is 17.4. The van der Waals surface area contributed by atoms with Gasteiger partial charge in [0.2, 0.25) is 13.4 Å². The van der Waals surface area contributed by atoms with Crippen molar-refractivity contribution in [1.82, 2.24) is 9.97 Å². The zero-order valence-corrected chi connectivity index (χ0v) is 29.2. The van der Waals surface area contributed by atoms with Gasteiger partial charge in [-0.15, -0.1) is 0 Å². The van der Waals surface area contributed by atoms with Crippen LogP contribution in [0.5, 0.6) is 11.5 Å². The Labute approximate surface area is 296 Å². The lowest BCUT2D eigenvalue weighted by Crippen LogP contribution is -2.76. The van der Waals surface area contributed by atoms with E-state index in [4.69, 9.17) is 9.72 Å². The molecule has 0 fully saturated rings. The van der Waals surface area contributed by atoms with Gasteiger partial charge in [-0.3, -0.25) is 9.97 Å². The third-order valence-electron chi connectivity index (χ3n) is 10.3. The van der Waals surface area contributed by atoms with Gasteiger partial charge in [0.15, 0.2) is 0 Å². The van der Waals surface area contributed by atoms with Crippen molar-refractivity contribution < 1.29 is 4.74 Å². The molecule has 0 saturated carbocycles. The fraction of sp³-hybridized carbons (Fsp3) is 0.111. The number of aryl methyl sites for hydroxylation is 5. The molecule has 0 saturated heterocycles. The summed E-state index contributed by atoms with van der Waals surface area (Å²) in [5.74, 6) is 1.62. The van der Waals surface area contributed by atoms with Gasteiger partial charge >= 0.3 is 0 Å². The molecule has 0 N–H and O–H groups in total. The molecule has 2 aromatic heterocycles. The van der Waals surface area contributed by atoms with Crippen molar-refractivity contribution in [2.24, 2.45) is 0 Å². The molecule has 0 aliphatic carbocycles. The topological polar surface area (TPSA) is 35.0 Å². The van der Waals surface area contributed by atoms with Crippen molar-refractivity contribution in [3.05, 3.63) is 168 Å². The second kappa shape index (κ2) is 13.0. The summed E-state index contributed by atoms with van der Waals surface area (Å²) in [7, 11) is 0.